The molecule has 0 N–H and O–H groups in total. The molecular formula is C23H18N4O3. The monoisotopic (exact) mass is 398 g/mol. The summed E-state index contributed by atoms with van der Waals surface area (Å²) >= 11 is 0. The molecule has 30 heavy (non-hydrogen) atoms. The maximum absolute atomic E-state index is 13.0. The number of ketones is 1. The maximum Gasteiger partial charge on any atom is 0.330 e. The number of ether oxygens (including phenoxy) is 1. The predicted molar refractivity (Wildman–Crippen MR) is 109 cm³/mol. The Bertz CT molecular complexity index is 1130. The zero-order valence-corrected chi connectivity index (χ0v) is 16.0. The highest BCUT2D eigenvalue weighted by atomic mass is 16.5. The van der Waals surface area contributed by atoms with Crippen LogP contribution >= 0.6 is 0 Å². The second kappa shape index (κ2) is 8.91. The Morgan fingerprint density at radius 3 is 2.10 bits per heavy atom. The summed E-state index contributed by atoms with van der Waals surface area (Å²) in [6.45, 7) is -0.259. The van der Waals surface area contributed by atoms with Crippen LogP contribution in [0.2, 0.25) is 0 Å². The minimum atomic E-state index is -1.06. The summed E-state index contributed by atoms with van der Waals surface area (Å²) in [7, 11) is 0. The van der Waals surface area contributed by atoms with E-state index in [1.54, 1.807) is 48.5 Å². The number of aromatic nitrogens is 4. The van der Waals surface area contributed by atoms with Gasteiger partial charge in [-0.2, -0.15) is 4.80 Å². The third kappa shape index (κ3) is 4.47. The smallest absolute Gasteiger partial charge is 0.330 e. The van der Waals surface area contributed by atoms with E-state index in [0.29, 0.717) is 17.0 Å². The summed E-state index contributed by atoms with van der Waals surface area (Å²) in [6, 6.07) is 27.0. The van der Waals surface area contributed by atoms with Crippen LogP contribution in [-0.2, 0) is 16.1 Å². The molecule has 0 fully saturated rings. The van der Waals surface area contributed by atoms with Gasteiger partial charge in [-0.25, -0.2) is 4.79 Å². The van der Waals surface area contributed by atoms with Crippen molar-refractivity contribution in [2.45, 2.75) is 12.6 Å². The highest BCUT2D eigenvalue weighted by Gasteiger charge is 2.26. The predicted octanol–water partition coefficient (Wildman–Crippen LogP) is 3.51. The van der Waals surface area contributed by atoms with Crippen molar-refractivity contribution < 1.29 is 14.3 Å². The first-order valence-electron chi connectivity index (χ1n) is 9.37. The van der Waals surface area contributed by atoms with Gasteiger partial charge in [-0.3, -0.25) is 4.79 Å². The number of benzene rings is 3. The molecule has 0 bridgehead atoms. The van der Waals surface area contributed by atoms with E-state index in [2.05, 4.69) is 15.4 Å². The Kier molecular flexibility index (Phi) is 5.70. The molecule has 148 valence electrons. The third-order valence-electron chi connectivity index (χ3n) is 4.40. The number of hydrogen-bond donors (Lipinski definition) is 0. The molecule has 0 aliphatic rings. The van der Waals surface area contributed by atoms with E-state index >= 15 is 0 Å². The van der Waals surface area contributed by atoms with Gasteiger partial charge in [0.1, 0.15) is 0 Å². The fraction of sp³-hybridized carbons (Fsp3) is 0.0870. The van der Waals surface area contributed by atoms with E-state index in [9.17, 15) is 9.59 Å². The molecule has 7 heteroatoms. The lowest BCUT2D eigenvalue weighted by Crippen LogP contribution is -2.23. The Balaban J connectivity index is 1.51. The summed E-state index contributed by atoms with van der Waals surface area (Å²) in [4.78, 5) is 26.7. The lowest BCUT2D eigenvalue weighted by Gasteiger charge is -2.17. The van der Waals surface area contributed by atoms with Gasteiger partial charge < -0.3 is 4.74 Å². The molecular weight excluding hydrogens is 380 g/mol. The minimum Gasteiger partial charge on any atom is -0.448 e. The second-order valence-electron chi connectivity index (χ2n) is 6.52. The van der Waals surface area contributed by atoms with Gasteiger partial charge >= 0.3 is 5.97 Å². The van der Waals surface area contributed by atoms with E-state index < -0.39 is 12.1 Å². The van der Waals surface area contributed by atoms with Crippen LogP contribution in [0.25, 0.3) is 11.4 Å². The van der Waals surface area contributed by atoms with E-state index in [1.807, 2.05) is 42.5 Å². The third-order valence-corrected chi connectivity index (χ3v) is 4.40. The molecule has 0 amide bonds. The summed E-state index contributed by atoms with van der Waals surface area (Å²) in [5, 5.41) is 12.1. The quantitative estimate of drug-likeness (QED) is 0.350. The van der Waals surface area contributed by atoms with Gasteiger partial charge in [0.2, 0.25) is 11.6 Å². The fourth-order valence-corrected chi connectivity index (χ4v) is 2.95. The molecule has 1 atom stereocenters. The Hall–Kier alpha value is -4.13. The lowest BCUT2D eigenvalue weighted by molar-refractivity contribution is -0.148. The Morgan fingerprint density at radius 1 is 0.833 bits per heavy atom. The number of esters is 1. The molecule has 4 aromatic rings. The van der Waals surface area contributed by atoms with Crippen molar-refractivity contribution >= 4 is 11.8 Å². The van der Waals surface area contributed by atoms with Crippen molar-refractivity contribution in [1.82, 2.24) is 20.2 Å². The summed E-state index contributed by atoms with van der Waals surface area (Å²) in [6.07, 6.45) is -1.06. The standard InChI is InChI=1S/C23H18N4O3/c28-20(16-27-25-23(24-26-27)19-14-8-3-9-15-19)30-22(18-12-6-2-7-13-18)21(29)17-10-4-1-5-11-17/h1-15,22H,16H2. The molecule has 7 nitrogen and oxygen atoms in total. The van der Waals surface area contributed by atoms with Crippen molar-refractivity contribution in [2.75, 3.05) is 0 Å². The molecule has 0 saturated carbocycles. The second-order valence-corrected chi connectivity index (χ2v) is 6.52. The van der Waals surface area contributed by atoms with Gasteiger partial charge in [0.05, 0.1) is 0 Å². The lowest BCUT2D eigenvalue weighted by atomic mass is 10.00. The number of Topliss-reactive ketones (excluding diaryl/α,β-unsaturated/α-hetero) is 1. The van der Waals surface area contributed by atoms with Gasteiger partial charge in [0.25, 0.3) is 0 Å². The van der Waals surface area contributed by atoms with E-state index in [1.165, 1.54) is 0 Å². The van der Waals surface area contributed by atoms with Crippen LogP contribution in [0.4, 0.5) is 0 Å². The van der Waals surface area contributed by atoms with Crippen molar-refractivity contribution in [3.8, 4) is 11.4 Å². The molecule has 0 spiro atoms. The van der Waals surface area contributed by atoms with Crippen LogP contribution in [-0.4, -0.2) is 32.0 Å². The topological polar surface area (TPSA) is 87.0 Å². The first kappa shape index (κ1) is 19.2. The average molecular weight is 398 g/mol. The molecule has 0 radical (unpaired) electrons. The first-order chi connectivity index (χ1) is 14.7. The zero-order valence-electron chi connectivity index (χ0n) is 16.0. The summed E-state index contributed by atoms with van der Waals surface area (Å²) < 4.78 is 5.55. The van der Waals surface area contributed by atoms with E-state index in [4.69, 9.17) is 4.74 Å². The zero-order chi connectivity index (χ0) is 20.8. The van der Waals surface area contributed by atoms with Gasteiger partial charge in [-0.05, 0) is 5.21 Å². The van der Waals surface area contributed by atoms with Crippen LogP contribution in [0.5, 0.6) is 0 Å². The number of nitrogens with zero attached hydrogens (tertiary/aromatic N) is 4. The minimum absolute atomic E-state index is 0.259. The fourth-order valence-electron chi connectivity index (χ4n) is 2.95. The molecule has 0 aliphatic carbocycles. The van der Waals surface area contributed by atoms with Crippen molar-refractivity contribution in [2.24, 2.45) is 0 Å². The normalized spacial score (nSPS) is 11.6. The number of rotatable bonds is 7. The maximum atomic E-state index is 13.0. The molecule has 0 aliphatic heterocycles. The number of carbonyl (C=O) groups is 2. The SMILES string of the molecule is O=C(Cn1nnc(-c2ccccc2)n1)OC(C(=O)c1ccccc1)c1ccccc1. The number of tetrazole rings is 1. The molecule has 0 saturated heterocycles. The molecule has 1 heterocycles. The van der Waals surface area contributed by atoms with Gasteiger partial charge in [-0.1, -0.05) is 91.0 Å². The highest BCUT2D eigenvalue weighted by molar-refractivity contribution is 6.00. The highest BCUT2D eigenvalue weighted by Crippen LogP contribution is 2.23. The van der Waals surface area contributed by atoms with E-state index in [-0.39, 0.29) is 12.3 Å². The van der Waals surface area contributed by atoms with Crippen molar-refractivity contribution in [3.05, 3.63) is 102 Å². The van der Waals surface area contributed by atoms with E-state index in [0.717, 1.165) is 10.4 Å². The van der Waals surface area contributed by atoms with Crippen molar-refractivity contribution in [3.63, 3.8) is 0 Å². The van der Waals surface area contributed by atoms with Gasteiger partial charge in [0, 0.05) is 16.7 Å². The molecule has 3 aromatic carbocycles. The molecule has 1 aromatic heterocycles. The average Bonchev–Trinajstić information content (AvgIpc) is 3.27. The van der Waals surface area contributed by atoms with Gasteiger partial charge in [-0.15, -0.1) is 10.2 Å². The molecule has 1 unspecified atom stereocenters. The van der Waals surface area contributed by atoms with Crippen molar-refractivity contribution in [1.29, 1.82) is 0 Å². The first-order valence-corrected chi connectivity index (χ1v) is 9.37. The number of carbonyl (C=O) groups excluding carboxylic acids is 2. The summed E-state index contributed by atoms with van der Waals surface area (Å²) in [5.74, 6) is -0.528. The number of hydrogen-bond acceptors (Lipinski definition) is 6. The Morgan fingerprint density at radius 2 is 1.43 bits per heavy atom. The van der Waals surface area contributed by atoms with Crippen LogP contribution in [0.3, 0.4) is 0 Å². The van der Waals surface area contributed by atoms with Gasteiger partial charge in [0.15, 0.2) is 12.6 Å². The largest absolute Gasteiger partial charge is 0.448 e. The van der Waals surface area contributed by atoms with Crippen LogP contribution in [0, 0.1) is 0 Å². The summed E-state index contributed by atoms with van der Waals surface area (Å²) in [5.41, 5.74) is 1.85. The van der Waals surface area contributed by atoms with Crippen LogP contribution < -0.4 is 0 Å². The van der Waals surface area contributed by atoms with Crippen LogP contribution in [0.1, 0.15) is 22.0 Å². The molecule has 4 rings (SSSR count). The van der Waals surface area contributed by atoms with Crippen LogP contribution in [0.15, 0.2) is 91.0 Å². The Labute approximate surface area is 172 Å².